The fourth-order valence-corrected chi connectivity index (χ4v) is 1.68. The number of halogens is 3. The van der Waals surface area contributed by atoms with Crippen LogP contribution in [0.5, 0.6) is 0 Å². The van der Waals surface area contributed by atoms with Gasteiger partial charge in [-0.25, -0.2) is 0 Å². The molecule has 0 radical (unpaired) electrons. The average molecular weight is 313 g/mol. The summed E-state index contributed by atoms with van der Waals surface area (Å²) in [7, 11) is 0. The largest absolute Gasteiger partial charge is 1.00 e. The van der Waals surface area contributed by atoms with Crippen molar-refractivity contribution in [2.45, 2.75) is 0 Å². The minimum absolute atomic E-state index is 0. The maximum Gasteiger partial charge on any atom is 1.00 e. The third-order valence-corrected chi connectivity index (χ3v) is 2.34. The van der Waals surface area contributed by atoms with Crippen LogP contribution in [0.2, 0.25) is 0 Å². The first-order valence-corrected chi connectivity index (χ1v) is 5.10. The molecule has 1 aromatic carbocycles. The standard InChI is InChI=1S/C12H8N2.CF3.Cu/c1-3-9-5-6-10-4-2-8-14-12(10)11(9)13-7-1;2-1(3)4;/h1-8H;;/q;-1;+1. The number of hydrogen-bond acceptors (Lipinski definition) is 2. The number of fused-ring (bicyclic) bond motifs is 3. The van der Waals surface area contributed by atoms with E-state index in [0.717, 1.165) is 21.8 Å². The molecule has 0 aliphatic rings. The van der Waals surface area contributed by atoms with E-state index in [1.807, 2.05) is 12.1 Å². The first-order chi connectivity index (χ1) is 8.68. The molecule has 0 saturated carbocycles. The summed E-state index contributed by atoms with van der Waals surface area (Å²) in [5.74, 6) is 0. The summed E-state index contributed by atoms with van der Waals surface area (Å²) in [6.45, 7) is -3.08. The van der Waals surface area contributed by atoms with Crippen LogP contribution in [0.25, 0.3) is 21.8 Å². The molecule has 0 atom stereocenters. The molecule has 0 spiro atoms. The van der Waals surface area contributed by atoms with Crippen LogP contribution in [0.1, 0.15) is 0 Å². The Morgan fingerprint density at radius 2 is 1.11 bits per heavy atom. The minimum atomic E-state index is -3.08. The summed E-state index contributed by atoms with van der Waals surface area (Å²) in [6.07, 6.45) is 3.60. The molecule has 0 unspecified atom stereocenters. The van der Waals surface area contributed by atoms with Gasteiger partial charge in [0, 0.05) is 23.2 Å². The van der Waals surface area contributed by atoms with Crippen molar-refractivity contribution >= 4 is 21.8 Å². The van der Waals surface area contributed by atoms with Gasteiger partial charge in [-0.05, 0) is 12.1 Å². The Hall–Kier alpha value is -1.65. The third kappa shape index (κ3) is 3.91. The summed E-state index contributed by atoms with van der Waals surface area (Å²) in [5, 5.41) is 2.28. The molecule has 0 fully saturated rings. The van der Waals surface area contributed by atoms with Gasteiger partial charge in [0.2, 0.25) is 0 Å². The molecule has 0 amide bonds. The van der Waals surface area contributed by atoms with Crippen LogP contribution in [0.15, 0.2) is 48.8 Å². The van der Waals surface area contributed by atoms with Crippen molar-refractivity contribution in [1.29, 1.82) is 0 Å². The molecule has 0 saturated heterocycles. The number of benzene rings is 1. The van der Waals surface area contributed by atoms with Gasteiger partial charge in [-0.15, -0.1) is 0 Å². The molecule has 3 aromatic rings. The summed E-state index contributed by atoms with van der Waals surface area (Å²) >= 11 is 0. The molecule has 19 heavy (non-hydrogen) atoms. The quantitative estimate of drug-likeness (QED) is 0.354. The van der Waals surface area contributed by atoms with Crippen molar-refractivity contribution in [3.05, 3.63) is 55.5 Å². The molecule has 0 N–H and O–H groups in total. The van der Waals surface area contributed by atoms with Crippen LogP contribution in [-0.4, -0.2) is 9.97 Å². The Morgan fingerprint density at radius 3 is 1.47 bits per heavy atom. The predicted octanol–water partition coefficient (Wildman–Crippen LogP) is 4.12. The summed E-state index contributed by atoms with van der Waals surface area (Å²) in [6, 6.07) is 12.1. The Kier molecular flexibility index (Phi) is 5.73. The number of aromatic nitrogens is 2. The van der Waals surface area contributed by atoms with Crippen LogP contribution < -0.4 is 0 Å². The van der Waals surface area contributed by atoms with Gasteiger partial charge < -0.3 is 13.2 Å². The first-order valence-electron chi connectivity index (χ1n) is 5.10. The molecule has 102 valence electrons. The van der Waals surface area contributed by atoms with Crippen molar-refractivity contribution in [2.75, 3.05) is 0 Å². The molecule has 2 heterocycles. The molecule has 2 nitrogen and oxygen atoms in total. The number of nitrogens with zero attached hydrogens (tertiary/aromatic N) is 2. The molecular formula is C13H8CuF3N2. The van der Waals surface area contributed by atoms with E-state index in [1.165, 1.54) is 0 Å². The molecule has 0 aliphatic heterocycles. The van der Waals surface area contributed by atoms with Gasteiger partial charge >= 0.3 is 17.1 Å². The fraction of sp³-hybridized carbons (Fsp3) is 0. The molecule has 2 aromatic heterocycles. The normalized spacial score (nSPS) is 9.89. The van der Waals surface area contributed by atoms with Crippen LogP contribution >= 0.6 is 0 Å². The van der Waals surface area contributed by atoms with E-state index < -0.39 is 6.68 Å². The maximum atomic E-state index is 9.58. The van der Waals surface area contributed by atoms with E-state index in [9.17, 15) is 13.2 Å². The number of pyridine rings is 2. The summed E-state index contributed by atoms with van der Waals surface area (Å²) in [5.41, 5.74) is 1.95. The summed E-state index contributed by atoms with van der Waals surface area (Å²) in [4.78, 5) is 8.69. The van der Waals surface area contributed by atoms with Crippen LogP contribution in [0, 0.1) is 6.68 Å². The van der Waals surface area contributed by atoms with Crippen LogP contribution in [0.4, 0.5) is 13.2 Å². The zero-order chi connectivity index (χ0) is 13.0. The Morgan fingerprint density at radius 1 is 0.737 bits per heavy atom. The van der Waals surface area contributed by atoms with Gasteiger partial charge in [0.15, 0.2) is 6.68 Å². The van der Waals surface area contributed by atoms with Crippen molar-refractivity contribution in [3.63, 3.8) is 0 Å². The molecular weight excluding hydrogens is 305 g/mol. The second-order valence-corrected chi connectivity index (χ2v) is 3.43. The van der Waals surface area contributed by atoms with Gasteiger partial charge in [0.25, 0.3) is 0 Å². The van der Waals surface area contributed by atoms with Gasteiger partial charge in [-0.3, -0.25) is 9.97 Å². The second-order valence-electron chi connectivity index (χ2n) is 3.43. The Bertz CT molecular complexity index is 604. The Labute approximate surface area is 118 Å². The monoisotopic (exact) mass is 312 g/mol. The maximum absolute atomic E-state index is 9.58. The SMILES string of the molecule is F[C-](F)F.[Cu+].c1cnc2c(c1)ccc1cccnc12. The smallest absolute Gasteiger partial charge is 0.385 e. The van der Waals surface area contributed by atoms with Crippen molar-refractivity contribution < 1.29 is 30.2 Å². The van der Waals surface area contributed by atoms with Gasteiger partial charge in [-0.2, -0.15) is 0 Å². The van der Waals surface area contributed by atoms with E-state index in [1.54, 1.807) is 12.4 Å². The van der Waals surface area contributed by atoms with Crippen LogP contribution in [0.3, 0.4) is 0 Å². The first kappa shape index (κ1) is 15.4. The molecule has 0 bridgehead atoms. The zero-order valence-electron chi connectivity index (χ0n) is 9.45. The topological polar surface area (TPSA) is 25.8 Å². The van der Waals surface area contributed by atoms with Gasteiger partial charge in [0.1, 0.15) is 0 Å². The number of rotatable bonds is 0. The Balaban J connectivity index is 0.000000323. The van der Waals surface area contributed by atoms with Gasteiger partial charge in [0.05, 0.1) is 11.0 Å². The zero-order valence-corrected chi connectivity index (χ0v) is 10.4. The predicted molar refractivity (Wildman–Crippen MR) is 63.6 cm³/mol. The number of hydrogen-bond donors (Lipinski definition) is 0. The fourth-order valence-electron chi connectivity index (χ4n) is 1.68. The minimum Gasteiger partial charge on any atom is -0.385 e. The second kappa shape index (κ2) is 7.07. The van der Waals surface area contributed by atoms with E-state index >= 15 is 0 Å². The van der Waals surface area contributed by atoms with E-state index in [2.05, 4.69) is 34.2 Å². The van der Waals surface area contributed by atoms with Crippen molar-refractivity contribution in [2.24, 2.45) is 0 Å². The van der Waals surface area contributed by atoms with Crippen LogP contribution in [-0.2, 0) is 17.1 Å². The average Bonchev–Trinajstić information content (AvgIpc) is 2.38. The molecule has 6 heteroatoms. The van der Waals surface area contributed by atoms with Crippen molar-refractivity contribution in [3.8, 4) is 0 Å². The van der Waals surface area contributed by atoms with Crippen molar-refractivity contribution in [1.82, 2.24) is 9.97 Å². The van der Waals surface area contributed by atoms with E-state index in [4.69, 9.17) is 0 Å². The molecule has 3 rings (SSSR count). The molecule has 0 aliphatic carbocycles. The van der Waals surface area contributed by atoms with E-state index in [0.29, 0.717) is 0 Å². The summed E-state index contributed by atoms with van der Waals surface area (Å²) < 4.78 is 28.8. The van der Waals surface area contributed by atoms with Gasteiger partial charge in [-0.1, -0.05) is 24.3 Å². The third-order valence-electron chi connectivity index (χ3n) is 2.34. The van der Waals surface area contributed by atoms with E-state index in [-0.39, 0.29) is 17.1 Å².